The van der Waals surface area contributed by atoms with E-state index in [-0.39, 0.29) is 17.9 Å². The molecular formula is C19H34O4. The molecule has 1 aliphatic rings. The number of carbonyl (C=O) groups excluding carboxylic acids is 2. The molecule has 0 unspecified atom stereocenters. The van der Waals surface area contributed by atoms with Crippen LogP contribution in [0.15, 0.2) is 0 Å². The standard InChI is InChI=1S/C19H34O4/c1-4-5-6-7-11-14-22-17(20)19(12-9-8-10-13-19)18(21)23-15-16(2)3/h16H,4-15H2,1-3H3. The van der Waals surface area contributed by atoms with E-state index in [1.165, 1.54) is 19.3 Å². The summed E-state index contributed by atoms with van der Waals surface area (Å²) in [7, 11) is 0. The molecule has 1 aliphatic carbocycles. The first-order valence-electron chi connectivity index (χ1n) is 9.37. The predicted octanol–water partition coefficient (Wildman–Crippen LogP) is 4.65. The van der Waals surface area contributed by atoms with Crippen LogP contribution in [0.4, 0.5) is 0 Å². The number of rotatable bonds is 10. The number of unbranched alkanes of at least 4 members (excludes halogenated alkanes) is 4. The second-order valence-electron chi connectivity index (χ2n) is 7.19. The Morgan fingerprint density at radius 1 is 0.913 bits per heavy atom. The SMILES string of the molecule is CCCCCCCOC(=O)C1(C(=O)OCC(C)C)CCCCC1. The van der Waals surface area contributed by atoms with E-state index >= 15 is 0 Å². The Balaban J connectivity index is 2.51. The molecule has 0 amide bonds. The summed E-state index contributed by atoms with van der Waals surface area (Å²) in [6.45, 7) is 6.95. The van der Waals surface area contributed by atoms with Crippen molar-refractivity contribution in [3.8, 4) is 0 Å². The topological polar surface area (TPSA) is 52.6 Å². The Hall–Kier alpha value is -1.06. The third-order valence-electron chi connectivity index (χ3n) is 4.52. The molecule has 0 saturated heterocycles. The summed E-state index contributed by atoms with van der Waals surface area (Å²) in [4.78, 5) is 25.1. The fraction of sp³-hybridized carbons (Fsp3) is 0.895. The van der Waals surface area contributed by atoms with Crippen LogP contribution < -0.4 is 0 Å². The van der Waals surface area contributed by atoms with Gasteiger partial charge in [-0.15, -0.1) is 0 Å². The maximum atomic E-state index is 12.6. The normalized spacial score (nSPS) is 17.0. The fourth-order valence-electron chi connectivity index (χ4n) is 3.04. The van der Waals surface area contributed by atoms with Crippen molar-refractivity contribution in [3.63, 3.8) is 0 Å². The van der Waals surface area contributed by atoms with Crippen molar-refractivity contribution in [3.05, 3.63) is 0 Å². The van der Waals surface area contributed by atoms with Gasteiger partial charge in [0.1, 0.15) is 0 Å². The lowest BCUT2D eigenvalue weighted by molar-refractivity contribution is -0.176. The monoisotopic (exact) mass is 326 g/mol. The molecule has 1 fully saturated rings. The van der Waals surface area contributed by atoms with Crippen molar-refractivity contribution >= 4 is 11.9 Å². The van der Waals surface area contributed by atoms with Crippen LogP contribution in [0, 0.1) is 11.3 Å². The maximum Gasteiger partial charge on any atom is 0.323 e. The van der Waals surface area contributed by atoms with Crippen LogP contribution in [0.2, 0.25) is 0 Å². The van der Waals surface area contributed by atoms with Gasteiger partial charge < -0.3 is 9.47 Å². The quantitative estimate of drug-likeness (QED) is 0.333. The minimum absolute atomic E-state index is 0.272. The molecule has 23 heavy (non-hydrogen) atoms. The van der Waals surface area contributed by atoms with Gasteiger partial charge in [0, 0.05) is 0 Å². The number of ether oxygens (including phenoxy) is 2. The van der Waals surface area contributed by atoms with E-state index in [4.69, 9.17) is 9.47 Å². The summed E-state index contributed by atoms with van der Waals surface area (Å²) >= 11 is 0. The minimum atomic E-state index is -1.05. The Kier molecular flexibility index (Phi) is 9.27. The lowest BCUT2D eigenvalue weighted by Gasteiger charge is -2.32. The van der Waals surface area contributed by atoms with Gasteiger partial charge in [0.15, 0.2) is 5.41 Å². The Bertz CT molecular complexity index is 356. The molecule has 1 saturated carbocycles. The van der Waals surface area contributed by atoms with Crippen LogP contribution in [0.3, 0.4) is 0 Å². The van der Waals surface area contributed by atoms with Gasteiger partial charge in [0.25, 0.3) is 0 Å². The smallest absolute Gasteiger partial charge is 0.323 e. The summed E-state index contributed by atoms with van der Waals surface area (Å²) in [6.07, 6.45) is 9.54. The largest absolute Gasteiger partial charge is 0.465 e. The van der Waals surface area contributed by atoms with Gasteiger partial charge in [-0.2, -0.15) is 0 Å². The maximum absolute atomic E-state index is 12.6. The van der Waals surface area contributed by atoms with E-state index < -0.39 is 5.41 Å². The van der Waals surface area contributed by atoms with Crippen LogP contribution in [-0.2, 0) is 19.1 Å². The minimum Gasteiger partial charge on any atom is -0.465 e. The molecule has 0 aromatic rings. The predicted molar refractivity (Wildman–Crippen MR) is 91.0 cm³/mol. The lowest BCUT2D eigenvalue weighted by Crippen LogP contribution is -2.44. The molecule has 1 rings (SSSR count). The first kappa shape index (κ1) is 20.0. The van der Waals surface area contributed by atoms with Crippen LogP contribution in [0.1, 0.15) is 85.0 Å². The molecule has 0 N–H and O–H groups in total. The van der Waals surface area contributed by atoms with Gasteiger partial charge in [0.05, 0.1) is 13.2 Å². The van der Waals surface area contributed by atoms with Gasteiger partial charge in [-0.1, -0.05) is 65.7 Å². The average Bonchev–Trinajstić information content (AvgIpc) is 2.56. The van der Waals surface area contributed by atoms with E-state index in [2.05, 4.69) is 6.92 Å². The zero-order chi connectivity index (χ0) is 17.1. The summed E-state index contributed by atoms with van der Waals surface area (Å²) in [5.74, 6) is -0.461. The van der Waals surface area contributed by atoms with Gasteiger partial charge in [0.2, 0.25) is 0 Å². The second kappa shape index (κ2) is 10.7. The third-order valence-corrected chi connectivity index (χ3v) is 4.52. The Morgan fingerprint density at radius 2 is 1.52 bits per heavy atom. The van der Waals surface area contributed by atoms with Crippen LogP contribution in [0.25, 0.3) is 0 Å². The molecule has 0 aliphatic heterocycles. The van der Waals surface area contributed by atoms with E-state index in [0.717, 1.165) is 32.1 Å². The number of esters is 2. The lowest BCUT2D eigenvalue weighted by atomic mass is 9.74. The first-order chi connectivity index (χ1) is 11.0. The highest BCUT2D eigenvalue weighted by Gasteiger charge is 2.49. The Labute approximate surface area is 141 Å². The van der Waals surface area contributed by atoms with Gasteiger partial charge >= 0.3 is 11.9 Å². The van der Waals surface area contributed by atoms with Crippen LogP contribution in [0.5, 0.6) is 0 Å². The fourth-order valence-corrected chi connectivity index (χ4v) is 3.04. The molecule has 0 spiro atoms. The van der Waals surface area contributed by atoms with E-state index in [1.807, 2.05) is 13.8 Å². The van der Waals surface area contributed by atoms with Gasteiger partial charge in [-0.25, -0.2) is 0 Å². The molecule has 4 heteroatoms. The van der Waals surface area contributed by atoms with Crippen molar-refractivity contribution in [1.82, 2.24) is 0 Å². The van der Waals surface area contributed by atoms with E-state index in [1.54, 1.807) is 0 Å². The number of hydrogen-bond donors (Lipinski definition) is 0. The number of carbonyl (C=O) groups is 2. The molecule has 134 valence electrons. The van der Waals surface area contributed by atoms with Crippen molar-refractivity contribution in [2.45, 2.75) is 85.0 Å². The molecule has 0 aromatic heterocycles. The highest BCUT2D eigenvalue weighted by Crippen LogP contribution is 2.39. The van der Waals surface area contributed by atoms with Crippen molar-refractivity contribution < 1.29 is 19.1 Å². The van der Waals surface area contributed by atoms with Gasteiger partial charge in [-0.05, 0) is 25.2 Å². The number of hydrogen-bond acceptors (Lipinski definition) is 4. The molecule has 4 nitrogen and oxygen atoms in total. The summed E-state index contributed by atoms with van der Waals surface area (Å²) in [6, 6.07) is 0. The molecule has 0 radical (unpaired) electrons. The highest BCUT2D eigenvalue weighted by atomic mass is 16.6. The average molecular weight is 326 g/mol. The van der Waals surface area contributed by atoms with E-state index in [9.17, 15) is 9.59 Å². The first-order valence-corrected chi connectivity index (χ1v) is 9.37. The van der Waals surface area contributed by atoms with E-state index in [0.29, 0.717) is 26.1 Å². The highest BCUT2D eigenvalue weighted by molar-refractivity contribution is 6.00. The van der Waals surface area contributed by atoms with Crippen LogP contribution >= 0.6 is 0 Å². The van der Waals surface area contributed by atoms with Crippen molar-refractivity contribution in [1.29, 1.82) is 0 Å². The van der Waals surface area contributed by atoms with Gasteiger partial charge in [-0.3, -0.25) is 9.59 Å². The summed E-state index contributed by atoms with van der Waals surface area (Å²) < 4.78 is 10.8. The summed E-state index contributed by atoms with van der Waals surface area (Å²) in [5.41, 5.74) is -1.05. The van der Waals surface area contributed by atoms with Crippen molar-refractivity contribution in [2.24, 2.45) is 11.3 Å². The third kappa shape index (κ3) is 6.52. The summed E-state index contributed by atoms with van der Waals surface area (Å²) in [5, 5.41) is 0. The molecule has 0 heterocycles. The molecule has 0 aromatic carbocycles. The molecule has 0 bridgehead atoms. The Morgan fingerprint density at radius 3 is 2.13 bits per heavy atom. The molecular weight excluding hydrogens is 292 g/mol. The zero-order valence-corrected chi connectivity index (χ0v) is 15.2. The molecule has 0 atom stereocenters. The second-order valence-corrected chi connectivity index (χ2v) is 7.19. The van der Waals surface area contributed by atoms with Crippen molar-refractivity contribution in [2.75, 3.05) is 13.2 Å². The van der Waals surface area contributed by atoms with Crippen LogP contribution in [-0.4, -0.2) is 25.2 Å². The zero-order valence-electron chi connectivity index (χ0n) is 15.2.